The van der Waals surface area contributed by atoms with Gasteiger partial charge in [-0.1, -0.05) is 5.16 Å². The quantitative estimate of drug-likeness (QED) is 0.633. The Hall–Kier alpha value is -1.47. The van der Waals surface area contributed by atoms with E-state index in [0.29, 0.717) is 44.4 Å². The molecule has 7 heteroatoms. The molecule has 2 fully saturated rings. The molecular formula is C15H23N3O4. The predicted octanol–water partition coefficient (Wildman–Crippen LogP) is 1.00. The Morgan fingerprint density at radius 2 is 2.18 bits per heavy atom. The maximum absolute atomic E-state index is 11.7. The molecule has 1 amide bonds. The van der Waals surface area contributed by atoms with Crippen LogP contribution in [0.5, 0.6) is 0 Å². The van der Waals surface area contributed by atoms with E-state index in [9.17, 15) is 4.79 Å². The van der Waals surface area contributed by atoms with Gasteiger partial charge in [0.05, 0.1) is 12.5 Å². The van der Waals surface area contributed by atoms with E-state index >= 15 is 0 Å². The van der Waals surface area contributed by atoms with Gasteiger partial charge in [0.25, 0.3) is 0 Å². The summed E-state index contributed by atoms with van der Waals surface area (Å²) in [7, 11) is 0. The first kappa shape index (κ1) is 15.4. The van der Waals surface area contributed by atoms with Gasteiger partial charge in [-0.3, -0.25) is 4.79 Å². The number of likely N-dealkylation sites (tertiary alicyclic amines) is 1. The van der Waals surface area contributed by atoms with Crippen LogP contribution >= 0.6 is 0 Å². The minimum Gasteiger partial charge on any atom is -0.381 e. The topological polar surface area (TPSA) is 77.7 Å². The van der Waals surface area contributed by atoms with E-state index in [0.717, 1.165) is 12.5 Å². The summed E-state index contributed by atoms with van der Waals surface area (Å²) in [6.45, 7) is 5.33. The van der Waals surface area contributed by atoms with Gasteiger partial charge in [-0.05, 0) is 25.7 Å². The Labute approximate surface area is 129 Å². The van der Waals surface area contributed by atoms with E-state index < -0.39 is 0 Å². The Morgan fingerprint density at radius 3 is 2.91 bits per heavy atom. The van der Waals surface area contributed by atoms with E-state index in [1.165, 1.54) is 12.8 Å². The van der Waals surface area contributed by atoms with E-state index in [1.807, 2.05) is 6.92 Å². The van der Waals surface area contributed by atoms with Crippen molar-refractivity contribution in [1.82, 2.24) is 15.0 Å². The van der Waals surface area contributed by atoms with Crippen LogP contribution in [0.4, 0.5) is 0 Å². The Kier molecular flexibility index (Phi) is 5.04. The minimum atomic E-state index is 0.0197. The molecule has 0 radical (unpaired) electrons. The van der Waals surface area contributed by atoms with Crippen LogP contribution in [0.3, 0.4) is 0 Å². The van der Waals surface area contributed by atoms with Gasteiger partial charge in [-0.25, -0.2) is 0 Å². The lowest BCUT2D eigenvalue weighted by molar-refractivity contribution is -0.140. The number of aromatic nitrogens is 2. The molecule has 2 aliphatic rings. The third kappa shape index (κ3) is 4.04. The first-order valence-electron chi connectivity index (χ1n) is 8.02. The van der Waals surface area contributed by atoms with Crippen LogP contribution in [0.2, 0.25) is 0 Å². The van der Waals surface area contributed by atoms with Gasteiger partial charge in [-0.15, -0.1) is 0 Å². The molecule has 7 nitrogen and oxygen atoms in total. The summed E-state index contributed by atoms with van der Waals surface area (Å²) >= 11 is 0. The number of carbonyl (C=O) groups excluding carboxylic acids is 1. The van der Waals surface area contributed by atoms with Crippen molar-refractivity contribution in [3.8, 4) is 0 Å². The SMILES string of the molecule is CCOCC(=O)N1CC(c2nc(CCOCC3CC3)no2)C1. The van der Waals surface area contributed by atoms with Crippen LogP contribution in [0.25, 0.3) is 0 Å². The van der Waals surface area contributed by atoms with E-state index in [1.54, 1.807) is 4.90 Å². The first-order valence-corrected chi connectivity index (χ1v) is 8.02. The van der Waals surface area contributed by atoms with Crippen molar-refractivity contribution in [3.05, 3.63) is 11.7 Å². The lowest BCUT2D eigenvalue weighted by Gasteiger charge is -2.36. The molecule has 122 valence electrons. The van der Waals surface area contributed by atoms with Crippen LogP contribution in [0, 0.1) is 5.92 Å². The lowest BCUT2D eigenvalue weighted by Crippen LogP contribution is -2.49. The molecule has 0 bridgehead atoms. The normalized spacial score (nSPS) is 18.5. The summed E-state index contributed by atoms with van der Waals surface area (Å²) in [5, 5.41) is 3.98. The molecule has 2 heterocycles. The van der Waals surface area contributed by atoms with Crippen molar-refractivity contribution in [2.75, 3.05) is 39.5 Å². The van der Waals surface area contributed by atoms with Crippen LogP contribution < -0.4 is 0 Å². The highest BCUT2D eigenvalue weighted by Crippen LogP contribution is 2.29. The molecule has 1 aliphatic carbocycles. The van der Waals surface area contributed by atoms with Gasteiger partial charge in [0.2, 0.25) is 11.8 Å². The van der Waals surface area contributed by atoms with Crippen LogP contribution in [-0.2, 0) is 20.7 Å². The molecule has 1 saturated heterocycles. The van der Waals surface area contributed by atoms with Crippen molar-refractivity contribution < 1.29 is 18.8 Å². The van der Waals surface area contributed by atoms with Crippen LogP contribution in [0.15, 0.2) is 4.52 Å². The van der Waals surface area contributed by atoms with Gasteiger partial charge in [0, 0.05) is 32.7 Å². The Balaban J connectivity index is 1.36. The van der Waals surface area contributed by atoms with Gasteiger partial charge < -0.3 is 18.9 Å². The maximum atomic E-state index is 11.7. The third-order valence-corrected chi connectivity index (χ3v) is 4.02. The summed E-state index contributed by atoms with van der Waals surface area (Å²) < 4.78 is 16.0. The number of nitrogens with zero attached hydrogens (tertiary/aromatic N) is 3. The van der Waals surface area contributed by atoms with Crippen molar-refractivity contribution in [1.29, 1.82) is 0 Å². The molecule has 0 aromatic carbocycles. The van der Waals surface area contributed by atoms with E-state index in [-0.39, 0.29) is 18.4 Å². The zero-order valence-electron chi connectivity index (χ0n) is 13.0. The molecule has 0 unspecified atom stereocenters. The fourth-order valence-corrected chi connectivity index (χ4v) is 2.35. The summed E-state index contributed by atoms with van der Waals surface area (Å²) in [5.74, 6) is 2.25. The maximum Gasteiger partial charge on any atom is 0.248 e. The summed E-state index contributed by atoms with van der Waals surface area (Å²) in [4.78, 5) is 17.9. The van der Waals surface area contributed by atoms with Gasteiger partial charge in [0.15, 0.2) is 5.82 Å². The third-order valence-electron chi connectivity index (χ3n) is 4.02. The molecule has 0 spiro atoms. The number of carbonyl (C=O) groups is 1. The van der Waals surface area contributed by atoms with Gasteiger partial charge in [-0.2, -0.15) is 4.98 Å². The number of hydrogen-bond donors (Lipinski definition) is 0. The van der Waals surface area contributed by atoms with Gasteiger partial charge in [0.1, 0.15) is 6.61 Å². The highest BCUT2D eigenvalue weighted by Gasteiger charge is 2.35. The molecule has 1 aliphatic heterocycles. The minimum absolute atomic E-state index is 0.0197. The summed E-state index contributed by atoms with van der Waals surface area (Å²) in [6, 6.07) is 0. The summed E-state index contributed by atoms with van der Waals surface area (Å²) in [5.41, 5.74) is 0. The standard InChI is InChI=1S/C15H23N3O4/c1-2-20-10-14(19)18-7-12(8-18)15-16-13(17-22-15)5-6-21-9-11-3-4-11/h11-12H,2-10H2,1H3. The Bertz CT molecular complexity index is 495. The van der Waals surface area contributed by atoms with Crippen molar-refractivity contribution >= 4 is 5.91 Å². The monoisotopic (exact) mass is 309 g/mol. The second-order valence-corrected chi connectivity index (χ2v) is 5.95. The summed E-state index contributed by atoms with van der Waals surface area (Å²) in [6.07, 6.45) is 3.27. The molecule has 0 N–H and O–H groups in total. The number of amides is 1. The molecule has 3 rings (SSSR count). The first-order chi connectivity index (χ1) is 10.8. The average Bonchev–Trinajstić information content (AvgIpc) is 3.18. The predicted molar refractivity (Wildman–Crippen MR) is 77.4 cm³/mol. The zero-order chi connectivity index (χ0) is 15.4. The van der Waals surface area contributed by atoms with Crippen LogP contribution in [0.1, 0.15) is 37.4 Å². The second-order valence-electron chi connectivity index (χ2n) is 5.95. The van der Waals surface area contributed by atoms with Gasteiger partial charge >= 0.3 is 0 Å². The van der Waals surface area contributed by atoms with E-state index in [2.05, 4.69) is 10.1 Å². The molecule has 1 aromatic rings. The fourth-order valence-electron chi connectivity index (χ4n) is 2.35. The zero-order valence-corrected chi connectivity index (χ0v) is 13.0. The second kappa shape index (κ2) is 7.19. The molecular weight excluding hydrogens is 286 g/mol. The highest BCUT2D eigenvalue weighted by molar-refractivity contribution is 5.78. The highest BCUT2D eigenvalue weighted by atomic mass is 16.5. The largest absolute Gasteiger partial charge is 0.381 e. The molecule has 1 aromatic heterocycles. The van der Waals surface area contributed by atoms with E-state index in [4.69, 9.17) is 14.0 Å². The van der Waals surface area contributed by atoms with Crippen LogP contribution in [-0.4, -0.2) is 60.5 Å². The molecule has 22 heavy (non-hydrogen) atoms. The number of ether oxygens (including phenoxy) is 2. The lowest BCUT2D eigenvalue weighted by atomic mass is 10.0. The fraction of sp³-hybridized carbons (Fsp3) is 0.800. The van der Waals surface area contributed by atoms with Crippen molar-refractivity contribution in [2.24, 2.45) is 5.92 Å². The molecule has 1 saturated carbocycles. The van der Waals surface area contributed by atoms with Crippen molar-refractivity contribution in [2.45, 2.75) is 32.1 Å². The smallest absolute Gasteiger partial charge is 0.248 e. The van der Waals surface area contributed by atoms with Crippen molar-refractivity contribution in [3.63, 3.8) is 0 Å². The number of rotatable bonds is 9. The molecule has 0 atom stereocenters. The Morgan fingerprint density at radius 1 is 1.36 bits per heavy atom. The number of hydrogen-bond acceptors (Lipinski definition) is 6. The average molecular weight is 309 g/mol.